The molecule has 2 heterocycles. The van der Waals surface area contributed by atoms with Crippen LogP contribution in [0.4, 0.5) is 0 Å². The highest BCUT2D eigenvalue weighted by atomic mass is 16.2. The van der Waals surface area contributed by atoms with E-state index in [4.69, 9.17) is 5.73 Å². The van der Waals surface area contributed by atoms with Crippen molar-refractivity contribution in [2.45, 2.75) is 6.42 Å². The number of carbonyl (C=O) groups excluding carboxylic acids is 1. The second-order valence-electron chi connectivity index (χ2n) is 4.51. The van der Waals surface area contributed by atoms with Gasteiger partial charge in [0.1, 0.15) is 0 Å². The number of rotatable bonds is 4. The molecule has 1 aromatic heterocycles. The van der Waals surface area contributed by atoms with Crippen molar-refractivity contribution in [3.8, 4) is 0 Å². The maximum atomic E-state index is 12.1. The number of nitrogens with zero attached hydrogens (tertiary/aromatic N) is 3. The Morgan fingerprint density at radius 2 is 2.06 bits per heavy atom. The molecule has 1 saturated heterocycles. The maximum absolute atomic E-state index is 12.1. The van der Waals surface area contributed by atoms with Gasteiger partial charge in [-0.25, -0.2) is 0 Å². The molecule has 0 atom stereocenters. The van der Waals surface area contributed by atoms with Crippen molar-refractivity contribution in [2.24, 2.45) is 5.73 Å². The molecular formula is C13H20N4O. The van der Waals surface area contributed by atoms with E-state index < -0.39 is 0 Å². The van der Waals surface area contributed by atoms with Gasteiger partial charge in [0.25, 0.3) is 0 Å². The summed E-state index contributed by atoms with van der Waals surface area (Å²) in [5, 5.41) is 0. The third kappa shape index (κ3) is 3.51. The molecule has 5 heteroatoms. The van der Waals surface area contributed by atoms with E-state index >= 15 is 0 Å². The molecule has 1 aromatic rings. The van der Waals surface area contributed by atoms with E-state index in [-0.39, 0.29) is 5.91 Å². The molecule has 18 heavy (non-hydrogen) atoms. The molecule has 0 aromatic carbocycles. The largest absolute Gasteiger partial charge is 0.340 e. The van der Waals surface area contributed by atoms with Gasteiger partial charge in [-0.2, -0.15) is 0 Å². The molecule has 1 aliphatic rings. The van der Waals surface area contributed by atoms with Gasteiger partial charge in [0, 0.05) is 51.2 Å². The Bertz CT molecular complexity index is 374. The molecule has 0 bridgehead atoms. The Morgan fingerprint density at radius 3 is 2.67 bits per heavy atom. The van der Waals surface area contributed by atoms with E-state index in [2.05, 4.69) is 9.88 Å². The molecule has 0 radical (unpaired) electrons. The van der Waals surface area contributed by atoms with Gasteiger partial charge >= 0.3 is 0 Å². The van der Waals surface area contributed by atoms with Gasteiger partial charge in [-0.15, -0.1) is 0 Å². The number of hydrogen-bond acceptors (Lipinski definition) is 4. The predicted molar refractivity (Wildman–Crippen MR) is 70.0 cm³/mol. The third-order valence-corrected chi connectivity index (χ3v) is 3.23. The number of pyridine rings is 1. The molecule has 1 amide bonds. The van der Waals surface area contributed by atoms with Crippen molar-refractivity contribution in [1.82, 2.24) is 14.8 Å². The number of piperazine rings is 1. The van der Waals surface area contributed by atoms with Crippen LogP contribution in [0.5, 0.6) is 0 Å². The van der Waals surface area contributed by atoms with Gasteiger partial charge in [-0.3, -0.25) is 14.7 Å². The van der Waals surface area contributed by atoms with Gasteiger partial charge in [0.2, 0.25) is 5.91 Å². The Morgan fingerprint density at radius 1 is 1.28 bits per heavy atom. The fraction of sp³-hybridized carbons (Fsp3) is 0.538. The second-order valence-corrected chi connectivity index (χ2v) is 4.51. The highest BCUT2D eigenvalue weighted by molar-refractivity contribution is 5.78. The molecule has 0 spiro atoms. The smallest absolute Gasteiger partial charge is 0.228 e. The summed E-state index contributed by atoms with van der Waals surface area (Å²) in [5.41, 5.74) is 6.37. The summed E-state index contributed by atoms with van der Waals surface area (Å²) >= 11 is 0. The summed E-state index contributed by atoms with van der Waals surface area (Å²) in [5.74, 6) is 0.168. The number of hydrogen-bond donors (Lipinski definition) is 1. The van der Waals surface area contributed by atoms with Crippen LogP contribution in [0.15, 0.2) is 24.4 Å². The van der Waals surface area contributed by atoms with Gasteiger partial charge in [-0.1, -0.05) is 6.07 Å². The SMILES string of the molecule is NCCN1CCN(C(=O)Cc2ccccn2)CC1. The number of aromatic nitrogens is 1. The first-order chi connectivity index (χ1) is 8.79. The van der Waals surface area contributed by atoms with E-state index in [0.29, 0.717) is 13.0 Å². The van der Waals surface area contributed by atoms with Crippen molar-refractivity contribution >= 4 is 5.91 Å². The van der Waals surface area contributed by atoms with Crippen LogP contribution in [0.1, 0.15) is 5.69 Å². The van der Waals surface area contributed by atoms with Crippen LogP contribution in [-0.2, 0) is 11.2 Å². The molecule has 0 unspecified atom stereocenters. The number of amides is 1. The van der Waals surface area contributed by atoms with Crippen LogP contribution < -0.4 is 5.73 Å². The van der Waals surface area contributed by atoms with Crippen LogP contribution in [0, 0.1) is 0 Å². The van der Waals surface area contributed by atoms with Crippen molar-refractivity contribution in [3.63, 3.8) is 0 Å². The minimum Gasteiger partial charge on any atom is -0.340 e. The minimum absolute atomic E-state index is 0.168. The first-order valence-electron chi connectivity index (χ1n) is 6.39. The lowest BCUT2D eigenvalue weighted by atomic mass is 10.2. The monoisotopic (exact) mass is 248 g/mol. The average molecular weight is 248 g/mol. The van der Waals surface area contributed by atoms with Crippen LogP contribution in [-0.4, -0.2) is 60.0 Å². The number of nitrogens with two attached hydrogens (primary N) is 1. The van der Waals surface area contributed by atoms with E-state index in [9.17, 15) is 4.79 Å². The highest BCUT2D eigenvalue weighted by Gasteiger charge is 2.20. The fourth-order valence-electron chi connectivity index (χ4n) is 2.17. The molecule has 5 nitrogen and oxygen atoms in total. The summed E-state index contributed by atoms with van der Waals surface area (Å²) in [6.07, 6.45) is 2.12. The zero-order chi connectivity index (χ0) is 12.8. The zero-order valence-corrected chi connectivity index (χ0v) is 10.6. The zero-order valence-electron chi connectivity index (χ0n) is 10.6. The summed E-state index contributed by atoms with van der Waals surface area (Å²) in [7, 11) is 0. The van der Waals surface area contributed by atoms with Crippen molar-refractivity contribution < 1.29 is 4.79 Å². The number of carbonyl (C=O) groups is 1. The summed E-state index contributed by atoms with van der Waals surface area (Å²) < 4.78 is 0. The highest BCUT2D eigenvalue weighted by Crippen LogP contribution is 2.04. The lowest BCUT2D eigenvalue weighted by Gasteiger charge is -2.34. The van der Waals surface area contributed by atoms with Gasteiger partial charge < -0.3 is 10.6 Å². The average Bonchev–Trinajstić information content (AvgIpc) is 2.41. The maximum Gasteiger partial charge on any atom is 0.228 e. The summed E-state index contributed by atoms with van der Waals surface area (Å²) in [6, 6.07) is 5.66. The fourth-order valence-corrected chi connectivity index (χ4v) is 2.17. The van der Waals surface area contributed by atoms with Gasteiger partial charge in [0.05, 0.1) is 6.42 Å². The van der Waals surface area contributed by atoms with Crippen LogP contribution >= 0.6 is 0 Å². The third-order valence-electron chi connectivity index (χ3n) is 3.23. The van der Waals surface area contributed by atoms with Crippen LogP contribution in [0.3, 0.4) is 0 Å². The first kappa shape index (κ1) is 13.0. The topological polar surface area (TPSA) is 62.5 Å². The normalized spacial score (nSPS) is 16.8. The first-order valence-corrected chi connectivity index (χ1v) is 6.39. The van der Waals surface area contributed by atoms with E-state index in [1.54, 1.807) is 6.20 Å². The Hall–Kier alpha value is -1.46. The van der Waals surface area contributed by atoms with Crippen LogP contribution in [0.25, 0.3) is 0 Å². The molecule has 98 valence electrons. The molecule has 2 N–H and O–H groups in total. The quantitative estimate of drug-likeness (QED) is 0.796. The lowest BCUT2D eigenvalue weighted by molar-refractivity contribution is -0.132. The molecule has 1 aliphatic heterocycles. The summed E-state index contributed by atoms with van der Waals surface area (Å²) in [4.78, 5) is 20.5. The molecule has 1 fully saturated rings. The van der Waals surface area contributed by atoms with Gasteiger partial charge in [0.15, 0.2) is 0 Å². The van der Waals surface area contributed by atoms with Crippen molar-refractivity contribution in [2.75, 3.05) is 39.3 Å². The van der Waals surface area contributed by atoms with Crippen molar-refractivity contribution in [3.05, 3.63) is 30.1 Å². The Balaban J connectivity index is 1.81. The lowest BCUT2D eigenvalue weighted by Crippen LogP contribution is -2.50. The standard InChI is InChI=1S/C13H20N4O/c14-4-6-16-7-9-17(10-8-16)13(18)11-12-3-1-2-5-15-12/h1-3,5H,4,6-11,14H2. The molecular weight excluding hydrogens is 228 g/mol. The van der Waals surface area contributed by atoms with E-state index in [1.807, 2.05) is 23.1 Å². The van der Waals surface area contributed by atoms with Crippen molar-refractivity contribution in [1.29, 1.82) is 0 Å². The van der Waals surface area contributed by atoms with E-state index in [1.165, 1.54) is 0 Å². The molecule has 0 aliphatic carbocycles. The predicted octanol–water partition coefficient (Wildman–Crippen LogP) is -0.273. The van der Waals surface area contributed by atoms with E-state index in [0.717, 1.165) is 38.4 Å². The molecule has 2 rings (SSSR count). The summed E-state index contributed by atoms with van der Waals surface area (Å²) in [6.45, 7) is 5.04. The Labute approximate surface area is 108 Å². The van der Waals surface area contributed by atoms with Crippen LogP contribution in [0.2, 0.25) is 0 Å². The van der Waals surface area contributed by atoms with Gasteiger partial charge in [-0.05, 0) is 12.1 Å². The molecule has 0 saturated carbocycles. The Kier molecular flexibility index (Phi) is 4.66. The second kappa shape index (κ2) is 6.47. The minimum atomic E-state index is 0.168.